The zero-order valence-corrected chi connectivity index (χ0v) is 19.2. The molecule has 1 aliphatic rings. The molecule has 0 bridgehead atoms. The topological polar surface area (TPSA) is 84.9 Å². The number of amides is 3. The normalized spacial score (nSPS) is 14.9. The molecule has 0 saturated carbocycles. The predicted molar refractivity (Wildman–Crippen MR) is 122 cm³/mol. The summed E-state index contributed by atoms with van der Waals surface area (Å²) in [5, 5.41) is 2.89. The standard InChI is InChI=1S/C21H18Cl2N2O5S/c1-11-4-5-13(22)9-15(11)24-18(26)10-25-20(27)17(31-21(25)28)8-12-6-14(23)19(30-3)16(7-12)29-2/h4-9H,10H2,1-3H3,(H,24,26)/b17-8-. The van der Waals surface area contributed by atoms with E-state index in [1.165, 1.54) is 20.3 Å². The van der Waals surface area contributed by atoms with Crippen LogP contribution in [-0.4, -0.2) is 42.7 Å². The molecule has 0 radical (unpaired) electrons. The quantitative estimate of drug-likeness (QED) is 0.585. The van der Waals surface area contributed by atoms with Crippen LogP contribution in [0.1, 0.15) is 11.1 Å². The van der Waals surface area contributed by atoms with E-state index >= 15 is 0 Å². The van der Waals surface area contributed by atoms with Crippen LogP contribution in [-0.2, 0) is 9.59 Å². The first-order valence-corrected chi connectivity index (χ1v) is 10.5. The molecule has 1 N–H and O–H groups in total. The Kier molecular flexibility index (Phi) is 7.15. The van der Waals surface area contributed by atoms with Crippen LogP contribution in [0.15, 0.2) is 35.2 Å². The second-order valence-electron chi connectivity index (χ2n) is 6.51. The highest BCUT2D eigenvalue weighted by Gasteiger charge is 2.36. The summed E-state index contributed by atoms with van der Waals surface area (Å²) in [5.41, 5.74) is 1.87. The molecule has 2 aromatic rings. The predicted octanol–water partition coefficient (Wildman–Crippen LogP) is 4.99. The number of hydrogen-bond donors (Lipinski definition) is 1. The van der Waals surface area contributed by atoms with Gasteiger partial charge in [-0.1, -0.05) is 29.3 Å². The van der Waals surface area contributed by atoms with Gasteiger partial charge in [0.2, 0.25) is 5.91 Å². The number of thioether (sulfide) groups is 1. The lowest BCUT2D eigenvalue weighted by molar-refractivity contribution is -0.127. The maximum Gasteiger partial charge on any atom is 0.294 e. The summed E-state index contributed by atoms with van der Waals surface area (Å²) >= 11 is 12.9. The number of nitrogens with one attached hydrogen (secondary N) is 1. The Morgan fingerprint density at radius 1 is 1.16 bits per heavy atom. The number of aryl methyl sites for hydroxylation is 1. The Hall–Kier alpha value is -2.68. The molecule has 3 rings (SSSR count). The minimum Gasteiger partial charge on any atom is -0.493 e. The van der Waals surface area contributed by atoms with E-state index in [1.54, 1.807) is 30.3 Å². The summed E-state index contributed by atoms with van der Waals surface area (Å²) in [7, 11) is 2.93. The van der Waals surface area contributed by atoms with E-state index in [0.29, 0.717) is 32.8 Å². The smallest absolute Gasteiger partial charge is 0.294 e. The molecule has 1 fully saturated rings. The van der Waals surface area contributed by atoms with E-state index in [-0.39, 0.29) is 4.91 Å². The maximum atomic E-state index is 12.7. The van der Waals surface area contributed by atoms with Gasteiger partial charge in [0, 0.05) is 10.7 Å². The highest BCUT2D eigenvalue weighted by Crippen LogP contribution is 2.38. The van der Waals surface area contributed by atoms with Gasteiger partial charge in [-0.2, -0.15) is 0 Å². The molecule has 7 nitrogen and oxygen atoms in total. The van der Waals surface area contributed by atoms with Crippen LogP contribution in [0.3, 0.4) is 0 Å². The number of rotatable bonds is 6. The first-order chi connectivity index (χ1) is 14.7. The SMILES string of the molecule is COc1cc(/C=C2\SC(=O)N(CC(=O)Nc3cc(Cl)ccc3C)C2=O)cc(Cl)c1OC. The molecule has 2 aromatic carbocycles. The molecule has 0 unspecified atom stereocenters. The number of anilines is 1. The van der Waals surface area contributed by atoms with E-state index in [9.17, 15) is 14.4 Å². The third-order valence-electron chi connectivity index (χ3n) is 4.40. The zero-order chi connectivity index (χ0) is 22.7. The fourth-order valence-corrected chi connectivity index (χ4v) is 4.18. The summed E-state index contributed by atoms with van der Waals surface area (Å²) in [6.45, 7) is 1.39. The molecule has 0 spiro atoms. The highest BCUT2D eigenvalue weighted by atomic mass is 35.5. The number of carbonyl (C=O) groups is 3. The number of nitrogens with zero attached hydrogens (tertiary/aromatic N) is 1. The molecule has 1 heterocycles. The lowest BCUT2D eigenvalue weighted by Crippen LogP contribution is -2.36. The minimum absolute atomic E-state index is 0.167. The third-order valence-corrected chi connectivity index (χ3v) is 5.83. The number of imide groups is 1. The van der Waals surface area contributed by atoms with Crippen molar-refractivity contribution in [1.82, 2.24) is 4.90 Å². The molecular formula is C21H18Cl2N2O5S. The number of carbonyl (C=O) groups excluding carboxylic acids is 3. The molecule has 3 amide bonds. The first kappa shape index (κ1) is 23.0. The number of halogens is 2. The van der Waals surface area contributed by atoms with E-state index in [1.807, 2.05) is 6.92 Å². The molecule has 0 aliphatic carbocycles. The first-order valence-electron chi connectivity index (χ1n) is 8.96. The van der Waals surface area contributed by atoms with Crippen LogP contribution >= 0.6 is 35.0 Å². The summed E-state index contributed by atoms with van der Waals surface area (Å²) in [6, 6.07) is 8.28. The Labute approximate surface area is 193 Å². The van der Waals surface area contributed by atoms with Crippen molar-refractivity contribution < 1.29 is 23.9 Å². The fraction of sp³-hybridized carbons (Fsp3) is 0.190. The van der Waals surface area contributed by atoms with Crippen LogP contribution in [0.5, 0.6) is 11.5 Å². The summed E-state index contributed by atoms with van der Waals surface area (Å²) < 4.78 is 10.4. The van der Waals surface area contributed by atoms with Crippen LogP contribution < -0.4 is 14.8 Å². The van der Waals surface area contributed by atoms with Gasteiger partial charge in [-0.3, -0.25) is 19.3 Å². The average molecular weight is 481 g/mol. The van der Waals surface area contributed by atoms with Gasteiger partial charge in [0.1, 0.15) is 6.54 Å². The molecule has 1 saturated heterocycles. The lowest BCUT2D eigenvalue weighted by Gasteiger charge is -2.14. The van der Waals surface area contributed by atoms with Gasteiger partial charge in [-0.25, -0.2) is 0 Å². The van der Waals surface area contributed by atoms with E-state index < -0.39 is 23.6 Å². The lowest BCUT2D eigenvalue weighted by atomic mass is 10.1. The fourth-order valence-electron chi connectivity index (χ4n) is 2.87. The summed E-state index contributed by atoms with van der Waals surface area (Å²) in [4.78, 5) is 38.5. The Morgan fingerprint density at radius 3 is 2.58 bits per heavy atom. The van der Waals surface area contributed by atoms with Crippen LogP contribution in [0, 0.1) is 6.92 Å². The van der Waals surface area contributed by atoms with Crippen molar-refractivity contribution in [2.45, 2.75) is 6.92 Å². The van der Waals surface area contributed by atoms with Crippen molar-refractivity contribution in [3.8, 4) is 11.5 Å². The monoisotopic (exact) mass is 480 g/mol. The van der Waals surface area contributed by atoms with E-state index in [0.717, 1.165) is 22.2 Å². The van der Waals surface area contributed by atoms with Crippen LogP contribution in [0.4, 0.5) is 10.5 Å². The van der Waals surface area contributed by atoms with Gasteiger partial charge >= 0.3 is 0 Å². The summed E-state index contributed by atoms with van der Waals surface area (Å²) in [5.74, 6) is -0.332. The van der Waals surface area contributed by atoms with E-state index in [4.69, 9.17) is 32.7 Å². The zero-order valence-electron chi connectivity index (χ0n) is 16.8. The van der Waals surface area contributed by atoms with Crippen molar-refractivity contribution in [2.75, 3.05) is 26.1 Å². The van der Waals surface area contributed by atoms with Crippen molar-refractivity contribution in [3.63, 3.8) is 0 Å². The van der Waals surface area contributed by atoms with Crippen LogP contribution in [0.25, 0.3) is 6.08 Å². The van der Waals surface area contributed by atoms with Crippen LogP contribution in [0.2, 0.25) is 10.0 Å². The molecule has 10 heteroatoms. The molecular weight excluding hydrogens is 463 g/mol. The number of methoxy groups -OCH3 is 2. The average Bonchev–Trinajstić information content (AvgIpc) is 2.97. The van der Waals surface area contributed by atoms with Crippen molar-refractivity contribution in [2.24, 2.45) is 0 Å². The molecule has 0 atom stereocenters. The second kappa shape index (κ2) is 9.64. The largest absolute Gasteiger partial charge is 0.493 e. The van der Waals surface area contributed by atoms with Crippen molar-refractivity contribution in [1.29, 1.82) is 0 Å². The number of ether oxygens (including phenoxy) is 2. The van der Waals surface area contributed by atoms with Gasteiger partial charge in [-0.15, -0.1) is 0 Å². The third kappa shape index (κ3) is 5.15. The van der Waals surface area contributed by atoms with Crippen molar-refractivity contribution >= 4 is 63.8 Å². The molecule has 31 heavy (non-hydrogen) atoms. The number of benzene rings is 2. The molecule has 162 valence electrons. The van der Waals surface area contributed by atoms with Gasteiger partial charge in [0.05, 0.1) is 24.1 Å². The molecule has 0 aromatic heterocycles. The van der Waals surface area contributed by atoms with Gasteiger partial charge in [0.15, 0.2) is 11.5 Å². The number of hydrogen-bond acceptors (Lipinski definition) is 6. The minimum atomic E-state index is -0.570. The Bertz CT molecular complexity index is 1100. The highest BCUT2D eigenvalue weighted by molar-refractivity contribution is 8.18. The Morgan fingerprint density at radius 2 is 1.90 bits per heavy atom. The van der Waals surface area contributed by atoms with Gasteiger partial charge in [-0.05, 0) is 60.2 Å². The summed E-state index contributed by atoms with van der Waals surface area (Å²) in [6.07, 6.45) is 1.51. The second-order valence-corrected chi connectivity index (χ2v) is 8.35. The Balaban J connectivity index is 1.77. The van der Waals surface area contributed by atoms with Gasteiger partial charge in [0.25, 0.3) is 11.1 Å². The van der Waals surface area contributed by atoms with Gasteiger partial charge < -0.3 is 14.8 Å². The molecule has 1 aliphatic heterocycles. The van der Waals surface area contributed by atoms with Crippen molar-refractivity contribution in [3.05, 3.63) is 56.4 Å². The maximum absolute atomic E-state index is 12.7. The van der Waals surface area contributed by atoms with E-state index in [2.05, 4.69) is 5.32 Å².